The van der Waals surface area contributed by atoms with Crippen LogP contribution in [0.4, 0.5) is 34.1 Å². The minimum atomic E-state index is -5.22. The van der Waals surface area contributed by atoms with Crippen LogP contribution in [0, 0.1) is 0 Å². The van der Waals surface area contributed by atoms with Gasteiger partial charge in [-0.1, -0.05) is 19.4 Å². The van der Waals surface area contributed by atoms with Gasteiger partial charge >= 0.3 is 5.97 Å². The summed E-state index contributed by atoms with van der Waals surface area (Å²) >= 11 is 0. The lowest BCUT2D eigenvalue weighted by Gasteiger charge is -2.13. The molecule has 28 heteroatoms. The summed E-state index contributed by atoms with van der Waals surface area (Å²) in [5, 5.41) is 68.2. The minimum absolute atomic E-state index is 0.0764. The zero-order valence-corrected chi connectivity index (χ0v) is 37.5. The van der Waals surface area contributed by atoms with Gasteiger partial charge in [0.2, 0.25) is 6.04 Å². The first-order valence-electron chi connectivity index (χ1n) is 19.6. The van der Waals surface area contributed by atoms with Crippen LogP contribution in [0.1, 0.15) is 25.3 Å². The standard InChI is InChI=1S/C40H38N8O17S3/c1-2-3-4-22-5-12-28(33(17-22)67(58,59)60)42-43-29-20-32(65-16-14-50)30(21-31(29)64-15-13-49)44-45-35-34(68(61,62)63)19-23-18-24(6-11-27(23)38(35)51)41-46-36-37(40(53)54)47-48(39(36)52)25-7-9-26(10-8-25)66(55,56)57/h5-12,17-21,36,49-51H,2-4,13-16H2,1H3,(H,53,54)(H,55,56,57)(H,58,59,60)(H,61,62,63)/b43-42+,45-44+,46-41+. The van der Waals surface area contributed by atoms with Gasteiger partial charge in [-0.25, -0.2) is 4.79 Å². The lowest BCUT2D eigenvalue weighted by molar-refractivity contribution is -0.130. The number of carboxylic acid groups (broad SMARTS) is 1. The summed E-state index contributed by atoms with van der Waals surface area (Å²) in [6, 6.07) is 13.3. The Labute approximate surface area is 385 Å². The number of aryl methyl sites for hydroxylation is 1. The molecule has 0 spiro atoms. The van der Waals surface area contributed by atoms with Crippen molar-refractivity contribution in [1.82, 2.24) is 0 Å². The molecule has 1 unspecified atom stereocenters. The van der Waals surface area contributed by atoms with Crippen molar-refractivity contribution in [2.45, 2.75) is 46.9 Å². The van der Waals surface area contributed by atoms with Crippen LogP contribution >= 0.6 is 0 Å². The summed E-state index contributed by atoms with van der Waals surface area (Å²) in [7, 11) is -14.6. The Morgan fingerprint density at radius 2 is 1.32 bits per heavy atom. The number of anilines is 1. The quantitative estimate of drug-likeness (QED) is 0.0340. The van der Waals surface area contributed by atoms with E-state index in [0.717, 1.165) is 55.3 Å². The van der Waals surface area contributed by atoms with Crippen LogP contribution in [0.3, 0.4) is 0 Å². The fraction of sp³-hybridized carbons (Fsp3) is 0.225. The van der Waals surface area contributed by atoms with Crippen molar-refractivity contribution in [3.8, 4) is 17.2 Å². The molecule has 0 radical (unpaired) electrons. The van der Waals surface area contributed by atoms with Gasteiger partial charge in [-0.3, -0.25) is 18.5 Å². The van der Waals surface area contributed by atoms with Crippen molar-refractivity contribution in [2.75, 3.05) is 31.4 Å². The van der Waals surface area contributed by atoms with Gasteiger partial charge < -0.3 is 29.9 Å². The molecule has 68 heavy (non-hydrogen) atoms. The predicted octanol–water partition coefficient (Wildman–Crippen LogP) is 6.14. The van der Waals surface area contributed by atoms with E-state index in [9.17, 15) is 68.9 Å². The van der Waals surface area contributed by atoms with Crippen molar-refractivity contribution in [1.29, 1.82) is 0 Å². The second-order valence-corrected chi connectivity index (χ2v) is 18.4. The summed E-state index contributed by atoms with van der Waals surface area (Å²) < 4.78 is 114. The SMILES string of the molecule is CCCCc1ccc(/N=N/c2cc(OCCO)c(/N=N/c3c(S(=O)(=O)O)cc4cc(/N=N/C5C(=O)N(c6ccc(S(=O)(=O)O)cc6)N=C5C(=O)O)ccc4c3O)cc2OCCO)c(S(=O)(=O)O)c1. The highest BCUT2D eigenvalue weighted by Crippen LogP contribution is 2.45. The molecule has 1 aliphatic rings. The number of ether oxygens (including phenoxy) is 2. The molecule has 0 aliphatic carbocycles. The van der Waals surface area contributed by atoms with Crippen molar-refractivity contribution in [3.05, 3.63) is 84.4 Å². The number of hydrazone groups is 1. The number of hydrogen-bond acceptors (Lipinski definition) is 20. The number of carboxylic acids is 1. The van der Waals surface area contributed by atoms with E-state index in [4.69, 9.17) is 9.47 Å². The lowest BCUT2D eigenvalue weighted by Crippen LogP contribution is -2.33. The van der Waals surface area contributed by atoms with Crippen molar-refractivity contribution < 1.29 is 78.4 Å². The molecule has 1 amide bonds. The molecular formula is C40H38N8O17S3. The normalized spacial score (nSPS) is 14.7. The van der Waals surface area contributed by atoms with Crippen LogP contribution in [0.2, 0.25) is 0 Å². The van der Waals surface area contributed by atoms with Crippen LogP contribution in [0.25, 0.3) is 10.8 Å². The summed E-state index contributed by atoms with van der Waals surface area (Å²) in [5.41, 5.74) is -1.76. The van der Waals surface area contributed by atoms with E-state index in [1.54, 1.807) is 6.07 Å². The largest absolute Gasteiger partial charge is 0.505 e. The van der Waals surface area contributed by atoms with Gasteiger partial charge in [0.1, 0.15) is 57.3 Å². The van der Waals surface area contributed by atoms with E-state index >= 15 is 0 Å². The highest BCUT2D eigenvalue weighted by Gasteiger charge is 2.41. The summed E-state index contributed by atoms with van der Waals surface area (Å²) in [5.74, 6) is -3.86. The fourth-order valence-corrected chi connectivity index (χ4v) is 8.12. The number of carbonyl (C=O) groups excluding carboxylic acids is 1. The number of hydrogen-bond donors (Lipinski definition) is 7. The summed E-state index contributed by atoms with van der Waals surface area (Å²) in [4.78, 5) is 23.3. The number of aliphatic hydroxyl groups is 2. The first-order chi connectivity index (χ1) is 32.1. The molecule has 0 saturated carbocycles. The third-order valence-corrected chi connectivity index (χ3v) is 12.1. The number of rotatable bonds is 20. The van der Waals surface area contributed by atoms with Gasteiger partial charge in [0, 0.05) is 17.5 Å². The number of phenolic OH excluding ortho intramolecular Hbond substituents is 1. The van der Waals surface area contributed by atoms with E-state index in [2.05, 4.69) is 35.8 Å². The second kappa shape index (κ2) is 20.8. The Morgan fingerprint density at radius 1 is 0.721 bits per heavy atom. The Morgan fingerprint density at radius 3 is 1.88 bits per heavy atom. The molecule has 1 aliphatic heterocycles. The van der Waals surface area contributed by atoms with Gasteiger partial charge in [0.05, 0.1) is 29.5 Å². The first-order valence-corrected chi connectivity index (χ1v) is 24.0. The molecule has 7 N–H and O–H groups in total. The van der Waals surface area contributed by atoms with Gasteiger partial charge in [-0.15, -0.1) is 20.5 Å². The first kappa shape index (κ1) is 50.2. The number of aliphatic hydroxyl groups excluding tert-OH is 2. The average molecular weight is 999 g/mol. The molecule has 358 valence electrons. The number of aliphatic carboxylic acids is 1. The van der Waals surface area contributed by atoms with Crippen LogP contribution in [0.5, 0.6) is 17.2 Å². The van der Waals surface area contributed by atoms with E-state index < -0.39 is 93.3 Å². The zero-order valence-electron chi connectivity index (χ0n) is 35.0. The van der Waals surface area contributed by atoms with E-state index in [1.807, 2.05) is 6.92 Å². The Hall–Kier alpha value is -7.18. The predicted molar refractivity (Wildman–Crippen MR) is 237 cm³/mol. The monoisotopic (exact) mass is 998 g/mol. The number of fused-ring (bicyclic) bond motifs is 1. The maximum Gasteiger partial charge on any atom is 0.355 e. The van der Waals surface area contributed by atoms with E-state index in [-0.39, 0.29) is 63.9 Å². The van der Waals surface area contributed by atoms with Crippen molar-refractivity contribution >= 4 is 92.8 Å². The average Bonchev–Trinajstić information content (AvgIpc) is 3.62. The number of nitrogens with zero attached hydrogens (tertiary/aromatic N) is 8. The van der Waals surface area contributed by atoms with Crippen LogP contribution in [0.15, 0.2) is 129 Å². The zero-order chi connectivity index (χ0) is 49.6. The third-order valence-electron chi connectivity index (χ3n) is 9.49. The topological polar surface area (TPSA) is 386 Å². The number of unbranched alkanes of at least 4 members (excludes halogenated alkanes) is 1. The van der Waals surface area contributed by atoms with E-state index in [1.165, 1.54) is 30.3 Å². The highest BCUT2D eigenvalue weighted by molar-refractivity contribution is 7.86. The second-order valence-electron chi connectivity index (χ2n) is 14.2. The summed E-state index contributed by atoms with van der Waals surface area (Å²) in [6.07, 6.45) is 2.10. The van der Waals surface area contributed by atoms with E-state index in [0.29, 0.717) is 17.0 Å². The molecular weight excluding hydrogens is 961 g/mol. The number of phenols is 1. The molecule has 5 aromatic rings. The Bertz CT molecular complexity index is 3260. The Balaban J connectivity index is 1.36. The van der Waals surface area contributed by atoms with Gasteiger partial charge in [0.15, 0.2) is 11.5 Å². The number of carbonyl (C=O) groups is 2. The third kappa shape index (κ3) is 11.7. The van der Waals surface area contributed by atoms with Gasteiger partial charge in [-0.05, 0) is 84.5 Å². The molecule has 6 rings (SSSR count). The molecule has 25 nitrogen and oxygen atoms in total. The van der Waals surface area contributed by atoms with Crippen LogP contribution in [-0.4, -0.2) is 109 Å². The molecule has 0 bridgehead atoms. The maximum absolute atomic E-state index is 13.3. The number of azo groups is 3. The maximum atomic E-state index is 13.3. The van der Waals surface area contributed by atoms with Crippen molar-refractivity contribution in [3.63, 3.8) is 0 Å². The number of amides is 1. The fourth-order valence-electron chi connectivity index (χ4n) is 6.30. The van der Waals surface area contributed by atoms with Crippen LogP contribution < -0.4 is 14.5 Å². The smallest absolute Gasteiger partial charge is 0.355 e. The molecule has 5 aromatic carbocycles. The highest BCUT2D eigenvalue weighted by atomic mass is 32.2. The molecule has 1 heterocycles. The lowest BCUT2D eigenvalue weighted by atomic mass is 10.1. The van der Waals surface area contributed by atoms with Gasteiger partial charge in [0.25, 0.3) is 36.3 Å². The van der Waals surface area contributed by atoms with Gasteiger partial charge in [-0.2, -0.15) is 45.6 Å². The molecule has 0 fully saturated rings. The minimum Gasteiger partial charge on any atom is -0.505 e. The molecule has 1 atom stereocenters. The molecule has 0 saturated heterocycles. The summed E-state index contributed by atoms with van der Waals surface area (Å²) in [6.45, 7) is 0.275. The van der Waals surface area contributed by atoms with Crippen LogP contribution in [-0.2, 0) is 46.4 Å². The Kier molecular flexibility index (Phi) is 15.3. The number of benzene rings is 5. The number of aromatic hydroxyl groups is 1. The molecule has 0 aromatic heterocycles. The van der Waals surface area contributed by atoms with Crippen molar-refractivity contribution in [2.24, 2.45) is 35.8 Å².